The van der Waals surface area contributed by atoms with Crippen molar-refractivity contribution in [1.29, 1.82) is 0 Å². The fraction of sp³-hybridized carbons (Fsp3) is 0.571. The van der Waals surface area contributed by atoms with Crippen LogP contribution in [0.1, 0.15) is 26.2 Å². The monoisotopic (exact) mass is 397 g/mol. The van der Waals surface area contributed by atoms with Crippen LogP contribution in [0.3, 0.4) is 0 Å². The van der Waals surface area contributed by atoms with E-state index in [-0.39, 0.29) is 34.3 Å². The quantitative estimate of drug-likeness (QED) is 0.767. The smallest absolute Gasteiger partial charge is 0.243 e. The van der Waals surface area contributed by atoms with Crippen molar-refractivity contribution in [2.75, 3.05) is 13.6 Å². The fourth-order valence-corrected chi connectivity index (χ4v) is 5.30. The van der Waals surface area contributed by atoms with E-state index < -0.39 is 20.0 Å². The number of rotatable bonds is 5. The summed E-state index contributed by atoms with van der Waals surface area (Å²) >= 11 is 0. The van der Waals surface area contributed by atoms with Gasteiger partial charge in [0.05, 0.1) is 9.79 Å². The van der Waals surface area contributed by atoms with Crippen molar-refractivity contribution in [3.8, 4) is 0 Å². The maximum absolute atomic E-state index is 12.8. The van der Waals surface area contributed by atoms with Crippen molar-refractivity contribution in [2.24, 2.45) is 5.73 Å². The molecule has 0 amide bonds. The van der Waals surface area contributed by atoms with Gasteiger partial charge < -0.3 is 5.73 Å². The Bertz CT molecular complexity index is 749. The molecule has 0 saturated carbocycles. The highest BCUT2D eigenvalue weighted by atomic mass is 35.5. The van der Waals surface area contributed by atoms with Crippen LogP contribution in [-0.4, -0.2) is 46.8 Å². The molecule has 0 aliphatic carbocycles. The number of benzene rings is 1. The highest BCUT2D eigenvalue weighted by Crippen LogP contribution is 2.27. The molecule has 7 nitrogen and oxygen atoms in total. The molecule has 1 fully saturated rings. The minimum Gasteiger partial charge on any atom is -0.326 e. The number of halogens is 1. The molecule has 0 radical (unpaired) electrons. The minimum atomic E-state index is -3.69. The molecule has 24 heavy (non-hydrogen) atoms. The van der Waals surface area contributed by atoms with Gasteiger partial charge in [-0.15, -0.1) is 12.4 Å². The fourth-order valence-electron chi connectivity index (χ4n) is 2.80. The van der Waals surface area contributed by atoms with Crippen molar-refractivity contribution in [2.45, 2.75) is 48.1 Å². The maximum atomic E-state index is 12.8. The summed E-state index contributed by atoms with van der Waals surface area (Å²) in [6, 6.07) is 4.76. The molecule has 1 aromatic rings. The van der Waals surface area contributed by atoms with E-state index in [1.807, 2.05) is 0 Å². The molecule has 1 aromatic carbocycles. The molecular formula is C14H24ClN3O4S2. The number of sulfonamides is 2. The van der Waals surface area contributed by atoms with E-state index in [0.29, 0.717) is 6.54 Å². The first-order chi connectivity index (χ1) is 10.7. The lowest BCUT2D eigenvalue weighted by Gasteiger charge is -2.36. The summed E-state index contributed by atoms with van der Waals surface area (Å²) in [7, 11) is -5.97. The molecule has 0 bridgehead atoms. The number of nitrogens with one attached hydrogen (secondary N) is 1. The Labute approximate surface area is 150 Å². The van der Waals surface area contributed by atoms with Crippen LogP contribution in [0.15, 0.2) is 34.1 Å². The third kappa shape index (κ3) is 4.27. The van der Waals surface area contributed by atoms with E-state index in [2.05, 4.69) is 4.72 Å². The third-order valence-corrected chi connectivity index (χ3v) is 7.48. The second kappa shape index (κ2) is 8.11. The van der Waals surface area contributed by atoms with Crippen LogP contribution >= 0.6 is 12.4 Å². The van der Waals surface area contributed by atoms with Crippen LogP contribution in [-0.2, 0) is 20.0 Å². The second-order valence-electron chi connectivity index (χ2n) is 5.72. The maximum Gasteiger partial charge on any atom is 0.243 e. The van der Waals surface area contributed by atoms with Crippen molar-refractivity contribution >= 4 is 32.5 Å². The van der Waals surface area contributed by atoms with Gasteiger partial charge in [-0.05, 0) is 51.1 Å². The van der Waals surface area contributed by atoms with Gasteiger partial charge in [0.2, 0.25) is 20.0 Å². The Balaban J connectivity index is 0.00000288. The molecule has 2 rings (SSSR count). The topological polar surface area (TPSA) is 110 Å². The average Bonchev–Trinajstić information content (AvgIpc) is 2.55. The van der Waals surface area contributed by atoms with Crippen LogP contribution in [0.25, 0.3) is 0 Å². The normalized spacial score (nSPS) is 21.0. The molecule has 2 unspecified atom stereocenters. The first-order valence-corrected chi connectivity index (χ1v) is 10.4. The first-order valence-electron chi connectivity index (χ1n) is 7.51. The largest absolute Gasteiger partial charge is 0.326 e. The molecule has 0 aromatic heterocycles. The first kappa shape index (κ1) is 21.3. The van der Waals surface area contributed by atoms with Gasteiger partial charge in [-0.25, -0.2) is 21.6 Å². The zero-order valence-electron chi connectivity index (χ0n) is 13.7. The van der Waals surface area contributed by atoms with E-state index >= 15 is 0 Å². The number of hydrogen-bond acceptors (Lipinski definition) is 5. The highest BCUT2D eigenvalue weighted by Gasteiger charge is 2.35. The molecule has 1 aliphatic rings. The summed E-state index contributed by atoms with van der Waals surface area (Å²) in [6.07, 6.45) is 2.50. The number of nitrogens with zero attached hydrogens (tertiary/aromatic N) is 1. The van der Waals surface area contributed by atoms with Gasteiger partial charge in [-0.1, -0.05) is 6.42 Å². The van der Waals surface area contributed by atoms with Crippen LogP contribution in [0.5, 0.6) is 0 Å². The van der Waals surface area contributed by atoms with Gasteiger partial charge in [0, 0.05) is 18.6 Å². The standard InChI is InChI=1S/C14H23N3O4S2.ClH/c1-11(15)14-5-3-4-10-17(14)23(20,21)13-8-6-12(7-9-13)22(18,19)16-2;/h6-9,11,14,16H,3-5,10,15H2,1-2H3;1H. The molecule has 2 atom stereocenters. The summed E-state index contributed by atoms with van der Waals surface area (Å²) in [5.74, 6) is 0. The third-order valence-electron chi connectivity index (χ3n) is 4.11. The van der Waals surface area contributed by atoms with Crippen LogP contribution in [0.2, 0.25) is 0 Å². The van der Waals surface area contributed by atoms with Gasteiger partial charge in [0.25, 0.3) is 0 Å². The Morgan fingerprint density at radius 1 is 1.12 bits per heavy atom. The lowest BCUT2D eigenvalue weighted by Crippen LogP contribution is -2.51. The summed E-state index contributed by atoms with van der Waals surface area (Å²) in [4.78, 5) is 0.112. The summed E-state index contributed by atoms with van der Waals surface area (Å²) in [5.41, 5.74) is 5.94. The summed E-state index contributed by atoms with van der Waals surface area (Å²) < 4.78 is 52.8. The predicted octanol–water partition coefficient (Wildman–Crippen LogP) is 0.907. The van der Waals surface area contributed by atoms with Gasteiger partial charge in [-0.2, -0.15) is 4.31 Å². The SMILES string of the molecule is CNS(=O)(=O)c1ccc(S(=O)(=O)N2CCCCC2C(C)N)cc1.Cl. The molecule has 138 valence electrons. The van der Waals surface area contributed by atoms with Crippen molar-refractivity contribution in [1.82, 2.24) is 9.03 Å². The number of nitrogens with two attached hydrogens (primary N) is 1. The van der Waals surface area contributed by atoms with Gasteiger partial charge in [-0.3, -0.25) is 0 Å². The summed E-state index contributed by atoms with van der Waals surface area (Å²) in [5, 5.41) is 0. The Morgan fingerprint density at radius 3 is 2.17 bits per heavy atom. The zero-order valence-corrected chi connectivity index (χ0v) is 16.1. The minimum absolute atomic E-state index is 0. The lowest BCUT2D eigenvalue weighted by atomic mass is 10.00. The Hall–Kier alpha value is -0.710. The van der Waals surface area contributed by atoms with E-state index in [1.165, 1.54) is 35.6 Å². The molecule has 1 heterocycles. The molecule has 1 aliphatic heterocycles. The summed E-state index contributed by atoms with van der Waals surface area (Å²) in [6.45, 7) is 2.24. The number of piperidine rings is 1. The molecule has 1 saturated heterocycles. The lowest BCUT2D eigenvalue weighted by molar-refractivity contribution is 0.227. The molecule has 10 heteroatoms. The van der Waals surface area contributed by atoms with Gasteiger partial charge in [0.1, 0.15) is 0 Å². The van der Waals surface area contributed by atoms with Gasteiger partial charge >= 0.3 is 0 Å². The van der Waals surface area contributed by atoms with Crippen molar-refractivity contribution < 1.29 is 16.8 Å². The van der Waals surface area contributed by atoms with Crippen LogP contribution < -0.4 is 10.5 Å². The molecule has 0 spiro atoms. The van der Waals surface area contributed by atoms with E-state index in [0.717, 1.165) is 19.3 Å². The van der Waals surface area contributed by atoms with Crippen molar-refractivity contribution in [3.63, 3.8) is 0 Å². The highest BCUT2D eigenvalue weighted by molar-refractivity contribution is 7.89. The van der Waals surface area contributed by atoms with Crippen LogP contribution in [0.4, 0.5) is 0 Å². The van der Waals surface area contributed by atoms with Crippen molar-refractivity contribution in [3.05, 3.63) is 24.3 Å². The van der Waals surface area contributed by atoms with E-state index in [4.69, 9.17) is 5.73 Å². The molecule has 3 N–H and O–H groups in total. The number of hydrogen-bond donors (Lipinski definition) is 2. The van der Waals surface area contributed by atoms with E-state index in [1.54, 1.807) is 6.92 Å². The average molecular weight is 398 g/mol. The Kier molecular flexibility index (Phi) is 7.21. The van der Waals surface area contributed by atoms with Crippen LogP contribution in [0, 0.1) is 0 Å². The van der Waals surface area contributed by atoms with E-state index in [9.17, 15) is 16.8 Å². The zero-order chi connectivity index (χ0) is 17.3. The predicted molar refractivity (Wildman–Crippen MR) is 95.1 cm³/mol. The second-order valence-corrected chi connectivity index (χ2v) is 9.49. The molecular weight excluding hydrogens is 374 g/mol. The Morgan fingerprint density at radius 2 is 1.67 bits per heavy atom. The van der Waals surface area contributed by atoms with Gasteiger partial charge in [0.15, 0.2) is 0 Å².